The molecule has 25 heavy (non-hydrogen) atoms. The van der Waals surface area contributed by atoms with Gasteiger partial charge in [0.15, 0.2) is 13.2 Å². The van der Waals surface area contributed by atoms with Crippen LogP contribution in [0.1, 0.15) is 44.2 Å². The van der Waals surface area contributed by atoms with Crippen molar-refractivity contribution in [2.75, 3.05) is 13.2 Å². The van der Waals surface area contributed by atoms with Gasteiger partial charge in [0.1, 0.15) is 5.75 Å². The molecule has 0 spiro atoms. The van der Waals surface area contributed by atoms with Gasteiger partial charge in [0, 0.05) is 6.04 Å². The molecular weight excluding hydrogens is 318 g/mol. The molecule has 0 heterocycles. The fraction of sp³-hybridized carbons (Fsp3) is 0.600. The molecule has 1 aromatic rings. The minimum atomic E-state index is -0.542. The molecule has 5 nitrogen and oxygen atoms in total. The molecule has 1 aliphatic rings. The molecule has 2 rings (SSSR count). The number of amides is 1. The quantitative estimate of drug-likeness (QED) is 0.803. The van der Waals surface area contributed by atoms with E-state index in [-0.39, 0.29) is 25.2 Å². The van der Waals surface area contributed by atoms with Gasteiger partial charge in [0.25, 0.3) is 5.91 Å². The lowest BCUT2D eigenvalue weighted by molar-refractivity contribution is -0.150. The number of hydrogen-bond donors (Lipinski definition) is 1. The highest BCUT2D eigenvalue weighted by molar-refractivity contribution is 5.81. The van der Waals surface area contributed by atoms with Crippen LogP contribution in [0.4, 0.5) is 0 Å². The lowest BCUT2D eigenvalue weighted by atomic mass is 9.78. The van der Waals surface area contributed by atoms with E-state index < -0.39 is 5.97 Å². The molecule has 1 N–H and O–H groups in total. The van der Waals surface area contributed by atoms with Gasteiger partial charge in [-0.1, -0.05) is 32.8 Å². The molecule has 138 valence electrons. The zero-order valence-corrected chi connectivity index (χ0v) is 15.6. The van der Waals surface area contributed by atoms with Gasteiger partial charge in [-0.15, -0.1) is 0 Å². The highest BCUT2D eigenvalue weighted by Gasteiger charge is 2.28. The largest absolute Gasteiger partial charge is 0.482 e. The van der Waals surface area contributed by atoms with Crippen molar-refractivity contribution in [3.63, 3.8) is 0 Å². The minimum absolute atomic E-state index is 0.168. The summed E-state index contributed by atoms with van der Waals surface area (Å²) in [6.07, 6.45) is 3.32. The number of rotatable bonds is 6. The predicted molar refractivity (Wildman–Crippen MR) is 96.5 cm³/mol. The molecular formula is C20H29NO4. The van der Waals surface area contributed by atoms with E-state index in [2.05, 4.69) is 19.2 Å². The Bertz CT molecular complexity index is 593. The van der Waals surface area contributed by atoms with E-state index in [1.807, 2.05) is 32.0 Å². The number of esters is 1. The van der Waals surface area contributed by atoms with Crippen molar-refractivity contribution in [2.24, 2.45) is 11.8 Å². The number of nitrogens with one attached hydrogen (secondary N) is 1. The Labute approximate surface area is 150 Å². The SMILES string of the molecule is Cc1cc(C)cc(OCC(=O)OCC(=O)NC2CCCC(C)C2C)c1. The summed E-state index contributed by atoms with van der Waals surface area (Å²) in [7, 11) is 0. The first-order valence-corrected chi connectivity index (χ1v) is 9.01. The maximum absolute atomic E-state index is 12.0. The van der Waals surface area contributed by atoms with Crippen LogP contribution < -0.4 is 10.1 Å². The third-order valence-electron chi connectivity index (χ3n) is 4.97. The van der Waals surface area contributed by atoms with Gasteiger partial charge >= 0.3 is 5.97 Å². The zero-order valence-electron chi connectivity index (χ0n) is 15.6. The second kappa shape index (κ2) is 8.88. The van der Waals surface area contributed by atoms with Crippen LogP contribution in [0, 0.1) is 25.7 Å². The molecule has 1 fully saturated rings. The monoisotopic (exact) mass is 347 g/mol. The van der Waals surface area contributed by atoms with Crippen LogP contribution in [0.3, 0.4) is 0 Å². The highest BCUT2D eigenvalue weighted by atomic mass is 16.6. The van der Waals surface area contributed by atoms with Crippen molar-refractivity contribution in [2.45, 2.75) is 53.0 Å². The van der Waals surface area contributed by atoms with Gasteiger partial charge in [-0.2, -0.15) is 0 Å². The lowest BCUT2D eigenvalue weighted by Crippen LogP contribution is -2.45. The minimum Gasteiger partial charge on any atom is -0.482 e. The van der Waals surface area contributed by atoms with Gasteiger partial charge in [-0.25, -0.2) is 4.79 Å². The third-order valence-corrected chi connectivity index (χ3v) is 4.97. The fourth-order valence-electron chi connectivity index (χ4n) is 3.38. The van der Waals surface area contributed by atoms with Gasteiger partial charge in [-0.05, 0) is 55.4 Å². The van der Waals surface area contributed by atoms with Crippen molar-refractivity contribution >= 4 is 11.9 Å². The molecule has 0 saturated heterocycles. The lowest BCUT2D eigenvalue weighted by Gasteiger charge is -2.34. The Balaban J connectivity index is 1.71. The Morgan fingerprint density at radius 1 is 1.08 bits per heavy atom. The summed E-state index contributed by atoms with van der Waals surface area (Å²) in [5.41, 5.74) is 2.14. The summed E-state index contributed by atoms with van der Waals surface area (Å²) >= 11 is 0. The van der Waals surface area contributed by atoms with Crippen LogP contribution in [-0.2, 0) is 14.3 Å². The Morgan fingerprint density at radius 3 is 2.44 bits per heavy atom. The molecule has 5 heteroatoms. The number of ether oxygens (including phenoxy) is 2. The zero-order chi connectivity index (χ0) is 18.4. The maximum atomic E-state index is 12.0. The van der Waals surface area contributed by atoms with Crippen LogP contribution in [0.5, 0.6) is 5.75 Å². The van der Waals surface area contributed by atoms with E-state index in [0.717, 1.165) is 24.0 Å². The number of hydrogen-bond acceptors (Lipinski definition) is 4. The summed E-state index contributed by atoms with van der Waals surface area (Å²) < 4.78 is 10.5. The highest BCUT2D eigenvalue weighted by Crippen LogP contribution is 2.29. The van der Waals surface area contributed by atoms with Crippen molar-refractivity contribution in [1.82, 2.24) is 5.32 Å². The molecule has 1 saturated carbocycles. The van der Waals surface area contributed by atoms with Gasteiger partial charge in [-0.3, -0.25) is 4.79 Å². The van der Waals surface area contributed by atoms with E-state index in [4.69, 9.17) is 9.47 Å². The number of carbonyl (C=O) groups is 2. The van der Waals surface area contributed by atoms with Crippen molar-refractivity contribution in [1.29, 1.82) is 0 Å². The molecule has 1 aliphatic carbocycles. The van der Waals surface area contributed by atoms with Crippen molar-refractivity contribution in [3.05, 3.63) is 29.3 Å². The summed E-state index contributed by atoms with van der Waals surface area (Å²) in [5, 5.41) is 2.99. The van der Waals surface area contributed by atoms with Crippen LogP contribution in [0.25, 0.3) is 0 Å². The van der Waals surface area contributed by atoms with Gasteiger partial charge < -0.3 is 14.8 Å². The normalized spacial score (nSPS) is 23.0. The second-order valence-corrected chi connectivity index (χ2v) is 7.21. The van der Waals surface area contributed by atoms with Crippen LogP contribution in [0.15, 0.2) is 18.2 Å². The van der Waals surface area contributed by atoms with E-state index in [1.165, 1.54) is 6.42 Å². The molecule has 3 atom stereocenters. The third kappa shape index (κ3) is 6.07. The topological polar surface area (TPSA) is 64.6 Å². The smallest absolute Gasteiger partial charge is 0.344 e. The van der Waals surface area contributed by atoms with Crippen LogP contribution in [0.2, 0.25) is 0 Å². The molecule has 0 radical (unpaired) electrons. The summed E-state index contributed by atoms with van der Waals surface area (Å²) in [6, 6.07) is 5.92. The Hall–Kier alpha value is -2.04. The summed E-state index contributed by atoms with van der Waals surface area (Å²) in [6.45, 7) is 7.86. The molecule has 0 aromatic heterocycles. The van der Waals surface area contributed by atoms with Crippen molar-refractivity contribution < 1.29 is 19.1 Å². The molecule has 0 bridgehead atoms. The van der Waals surface area contributed by atoms with Gasteiger partial charge in [0.2, 0.25) is 0 Å². The predicted octanol–water partition coefficient (Wildman–Crippen LogP) is 3.17. The molecule has 3 unspecified atom stereocenters. The first-order chi connectivity index (χ1) is 11.8. The first-order valence-electron chi connectivity index (χ1n) is 9.01. The molecule has 1 amide bonds. The molecule has 0 aliphatic heterocycles. The van der Waals surface area contributed by atoms with Crippen molar-refractivity contribution in [3.8, 4) is 5.75 Å². The standard InChI is InChI=1S/C20H29NO4/c1-13-8-14(2)10-17(9-13)24-12-20(23)25-11-19(22)21-18-7-5-6-15(3)16(18)4/h8-10,15-16,18H,5-7,11-12H2,1-4H3,(H,21,22). The Morgan fingerprint density at radius 2 is 1.76 bits per heavy atom. The average molecular weight is 347 g/mol. The Kier molecular flexibility index (Phi) is 6.85. The number of aryl methyl sites for hydroxylation is 2. The fourth-order valence-corrected chi connectivity index (χ4v) is 3.38. The first kappa shape index (κ1) is 19.3. The van der Waals surface area contributed by atoms with Crippen LogP contribution >= 0.6 is 0 Å². The maximum Gasteiger partial charge on any atom is 0.344 e. The van der Waals surface area contributed by atoms with E-state index >= 15 is 0 Å². The van der Waals surface area contributed by atoms with E-state index in [9.17, 15) is 9.59 Å². The van der Waals surface area contributed by atoms with Crippen LogP contribution in [-0.4, -0.2) is 31.1 Å². The number of carbonyl (C=O) groups excluding carboxylic acids is 2. The average Bonchev–Trinajstić information content (AvgIpc) is 2.54. The van der Waals surface area contributed by atoms with Gasteiger partial charge in [0.05, 0.1) is 0 Å². The second-order valence-electron chi connectivity index (χ2n) is 7.21. The van der Waals surface area contributed by atoms with E-state index in [1.54, 1.807) is 0 Å². The summed E-state index contributed by atoms with van der Waals surface area (Å²) in [4.78, 5) is 23.8. The van der Waals surface area contributed by atoms with E-state index in [0.29, 0.717) is 17.6 Å². The number of benzene rings is 1. The summed E-state index contributed by atoms with van der Waals surface area (Å²) in [5.74, 6) is 0.892. The molecule has 1 aromatic carbocycles.